The van der Waals surface area contributed by atoms with Gasteiger partial charge >= 0.3 is 6.03 Å². The van der Waals surface area contributed by atoms with Crippen molar-refractivity contribution in [2.45, 2.75) is 19.5 Å². The zero-order valence-electron chi connectivity index (χ0n) is 14.7. The maximum atomic E-state index is 12.4. The van der Waals surface area contributed by atoms with Crippen molar-refractivity contribution < 1.29 is 9.59 Å². The van der Waals surface area contributed by atoms with E-state index in [1.807, 2.05) is 24.3 Å². The summed E-state index contributed by atoms with van der Waals surface area (Å²) in [5.41, 5.74) is 1.61. The molecule has 140 valence electrons. The lowest BCUT2D eigenvalue weighted by Gasteiger charge is -2.21. The molecular weight excluding hydrogens is 366 g/mol. The Kier molecular flexibility index (Phi) is 8.07. The van der Waals surface area contributed by atoms with E-state index in [1.165, 1.54) is 4.90 Å². The SMILES string of the molecule is N#CCCN(Cc1ccccn1)C(=O)CNC(=O)NCc1ccc(Cl)cc1. The predicted molar refractivity (Wildman–Crippen MR) is 102 cm³/mol. The van der Waals surface area contributed by atoms with Crippen molar-refractivity contribution in [2.75, 3.05) is 13.1 Å². The third-order valence-electron chi connectivity index (χ3n) is 3.69. The normalized spacial score (nSPS) is 9.93. The van der Waals surface area contributed by atoms with Crippen LogP contribution in [0.1, 0.15) is 17.7 Å². The van der Waals surface area contributed by atoms with Gasteiger partial charge in [0.1, 0.15) is 0 Å². The topological polar surface area (TPSA) is 98.1 Å². The summed E-state index contributed by atoms with van der Waals surface area (Å²) in [7, 11) is 0. The maximum absolute atomic E-state index is 12.4. The van der Waals surface area contributed by atoms with Gasteiger partial charge in [-0.05, 0) is 29.8 Å². The molecule has 8 heteroatoms. The summed E-state index contributed by atoms with van der Waals surface area (Å²) < 4.78 is 0. The number of nitrogens with one attached hydrogen (secondary N) is 2. The number of benzene rings is 1. The van der Waals surface area contributed by atoms with E-state index in [2.05, 4.69) is 15.6 Å². The van der Waals surface area contributed by atoms with Crippen LogP contribution in [0.2, 0.25) is 5.02 Å². The van der Waals surface area contributed by atoms with Gasteiger partial charge in [0.05, 0.1) is 31.3 Å². The van der Waals surface area contributed by atoms with Crippen molar-refractivity contribution in [1.82, 2.24) is 20.5 Å². The van der Waals surface area contributed by atoms with Crippen LogP contribution in [0.15, 0.2) is 48.7 Å². The lowest BCUT2D eigenvalue weighted by atomic mass is 10.2. The number of amides is 3. The summed E-state index contributed by atoms with van der Waals surface area (Å²) in [5, 5.41) is 14.6. The first kappa shape index (κ1) is 20.2. The molecule has 2 N–H and O–H groups in total. The molecule has 0 bridgehead atoms. The molecule has 0 radical (unpaired) electrons. The number of nitriles is 1. The van der Waals surface area contributed by atoms with Crippen LogP contribution in [0, 0.1) is 11.3 Å². The standard InChI is InChI=1S/C19H20ClN5O2/c20-16-7-5-15(6-8-16)12-23-19(27)24-13-18(26)25(11-3-9-21)14-17-4-1-2-10-22-17/h1-2,4-8,10H,3,11-14H2,(H2,23,24,27). The van der Waals surface area contributed by atoms with Crippen LogP contribution < -0.4 is 10.6 Å². The molecular formula is C19H20ClN5O2. The summed E-state index contributed by atoms with van der Waals surface area (Å²) >= 11 is 5.82. The number of carbonyl (C=O) groups is 2. The zero-order valence-corrected chi connectivity index (χ0v) is 15.4. The molecule has 1 heterocycles. The lowest BCUT2D eigenvalue weighted by molar-refractivity contribution is -0.130. The van der Waals surface area contributed by atoms with Crippen LogP contribution in [-0.2, 0) is 17.9 Å². The maximum Gasteiger partial charge on any atom is 0.315 e. The number of aromatic nitrogens is 1. The molecule has 27 heavy (non-hydrogen) atoms. The summed E-state index contributed by atoms with van der Waals surface area (Å²) in [6.07, 6.45) is 1.85. The number of hydrogen-bond acceptors (Lipinski definition) is 4. The molecule has 0 fully saturated rings. The Morgan fingerprint density at radius 2 is 1.93 bits per heavy atom. The summed E-state index contributed by atoms with van der Waals surface area (Å²) in [5.74, 6) is -0.280. The molecule has 2 rings (SSSR count). The fourth-order valence-electron chi connectivity index (χ4n) is 2.28. The Balaban J connectivity index is 1.81. The van der Waals surface area contributed by atoms with Crippen molar-refractivity contribution >= 4 is 23.5 Å². The zero-order chi connectivity index (χ0) is 19.5. The number of rotatable bonds is 8. The Labute approximate surface area is 163 Å². The number of carbonyl (C=O) groups excluding carboxylic acids is 2. The minimum atomic E-state index is -0.448. The number of nitrogens with zero attached hydrogens (tertiary/aromatic N) is 3. The second kappa shape index (κ2) is 10.8. The monoisotopic (exact) mass is 385 g/mol. The van der Waals surface area contributed by atoms with Crippen molar-refractivity contribution in [3.05, 3.63) is 64.9 Å². The molecule has 3 amide bonds. The van der Waals surface area contributed by atoms with Crippen LogP contribution in [-0.4, -0.2) is 34.9 Å². The highest BCUT2D eigenvalue weighted by Crippen LogP contribution is 2.09. The van der Waals surface area contributed by atoms with Crippen LogP contribution >= 0.6 is 11.6 Å². The smallest absolute Gasteiger partial charge is 0.315 e. The fraction of sp³-hybridized carbons (Fsp3) is 0.263. The van der Waals surface area contributed by atoms with Gasteiger partial charge in [-0.25, -0.2) is 4.79 Å². The van der Waals surface area contributed by atoms with Crippen LogP contribution in [0.25, 0.3) is 0 Å². The van der Waals surface area contributed by atoms with Gasteiger partial charge in [-0.1, -0.05) is 29.8 Å². The van der Waals surface area contributed by atoms with Gasteiger partial charge in [-0.3, -0.25) is 9.78 Å². The van der Waals surface area contributed by atoms with Crippen molar-refractivity contribution in [3.63, 3.8) is 0 Å². The van der Waals surface area contributed by atoms with Gasteiger partial charge in [0.2, 0.25) is 5.91 Å². The molecule has 0 saturated heterocycles. The summed E-state index contributed by atoms with van der Waals surface area (Å²) in [6.45, 7) is 0.726. The average Bonchev–Trinajstić information content (AvgIpc) is 2.69. The molecule has 0 aliphatic heterocycles. The summed E-state index contributed by atoms with van der Waals surface area (Å²) in [4.78, 5) is 30.0. The molecule has 0 unspecified atom stereocenters. The van der Waals surface area contributed by atoms with E-state index in [9.17, 15) is 9.59 Å². The Morgan fingerprint density at radius 1 is 1.15 bits per heavy atom. The third kappa shape index (κ3) is 7.34. The molecule has 2 aromatic rings. The molecule has 0 saturated carbocycles. The first-order chi connectivity index (χ1) is 13.1. The van der Waals surface area contributed by atoms with E-state index in [0.29, 0.717) is 11.6 Å². The van der Waals surface area contributed by atoms with Gasteiger partial charge in [-0.2, -0.15) is 5.26 Å². The summed E-state index contributed by atoms with van der Waals surface area (Å²) in [6, 6.07) is 14.1. The predicted octanol–water partition coefficient (Wildman–Crippen LogP) is 2.48. The van der Waals surface area contributed by atoms with E-state index in [-0.39, 0.29) is 32.0 Å². The van der Waals surface area contributed by atoms with E-state index in [0.717, 1.165) is 11.3 Å². The van der Waals surface area contributed by atoms with Gasteiger partial charge in [0.25, 0.3) is 0 Å². The molecule has 1 aromatic heterocycles. The molecule has 0 aliphatic carbocycles. The van der Waals surface area contributed by atoms with Gasteiger partial charge in [0, 0.05) is 24.3 Å². The fourth-order valence-corrected chi connectivity index (χ4v) is 2.40. The first-order valence-electron chi connectivity index (χ1n) is 8.39. The van der Waals surface area contributed by atoms with Crippen molar-refractivity contribution in [1.29, 1.82) is 5.26 Å². The van der Waals surface area contributed by atoms with E-state index >= 15 is 0 Å². The molecule has 0 aliphatic rings. The highest BCUT2D eigenvalue weighted by molar-refractivity contribution is 6.30. The Hall–Kier alpha value is -3.11. The second-order valence-corrected chi connectivity index (χ2v) is 6.14. The van der Waals surface area contributed by atoms with Crippen LogP contribution in [0.5, 0.6) is 0 Å². The molecule has 7 nitrogen and oxygen atoms in total. The van der Waals surface area contributed by atoms with E-state index in [4.69, 9.17) is 16.9 Å². The van der Waals surface area contributed by atoms with Gasteiger partial charge in [0.15, 0.2) is 0 Å². The quantitative estimate of drug-likeness (QED) is 0.729. The van der Waals surface area contributed by atoms with Crippen molar-refractivity contribution in [3.8, 4) is 6.07 Å². The minimum absolute atomic E-state index is 0.162. The highest BCUT2D eigenvalue weighted by Gasteiger charge is 2.15. The number of urea groups is 1. The number of hydrogen-bond donors (Lipinski definition) is 2. The lowest BCUT2D eigenvalue weighted by Crippen LogP contribution is -2.43. The first-order valence-corrected chi connectivity index (χ1v) is 8.77. The van der Waals surface area contributed by atoms with E-state index < -0.39 is 6.03 Å². The largest absolute Gasteiger partial charge is 0.334 e. The molecule has 0 spiro atoms. The average molecular weight is 386 g/mol. The van der Waals surface area contributed by atoms with Gasteiger partial charge < -0.3 is 15.5 Å². The minimum Gasteiger partial charge on any atom is -0.334 e. The second-order valence-electron chi connectivity index (χ2n) is 5.71. The highest BCUT2D eigenvalue weighted by atomic mass is 35.5. The third-order valence-corrected chi connectivity index (χ3v) is 3.94. The van der Waals surface area contributed by atoms with E-state index in [1.54, 1.807) is 30.5 Å². The van der Waals surface area contributed by atoms with Gasteiger partial charge in [-0.15, -0.1) is 0 Å². The Morgan fingerprint density at radius 3 is 2.59 bits per heavy atom. The number of halogens is 1. The number of pyridine rings is 1. The Bertz CT molecular complexity index is 790. The van der Waals surface area contributed by atoms with Crippen molar-refractivity contribution in [2.24, 2.45) is 0 Å². The van der Waals surface area contributed by atoms with Crippen LogP contribution in [0.4, 0.5) is 4.79 Å². The van der Waals surface area contributed by atoms with Crippen LogP contribution in [0.3, 0.4) is 0 Å². The molecule has 1 aromatic carbocycles. The molecule has 0 atom stereocenters.